The van der Waals surface area contributed by atoms with Gasteiger partial charge in [0.2, 0.25) is 10.0 Å². The summed E-state index contributed by atoms with van der Waals surface area (Å²) in [6.45, 7) is 4.40. The van der Waals surface area contributed by atoms with Gasteiger partial charge < -0.3 is 5.73 Å². The molecule has 1 aromatic rings. The lowest BCUT2D eigenvalue weighted by atomic mass is 9.79. The van der Waals surface area contributed by atoms with Crippen molar-refractivity contribution < 1.29 is 8.42 Å². The first-order chi connectivity index (χ1) is 8.88. The van der Waals surface area contributed by atoms with E-state index in [1.165, 1.54) is 18.3 Å². The molecular weight excluding hydrogens is 262 g/mol. The van der Waals surface area contributed by atoms with E-state index in [1.54, 1.807) is 0 Å². The fourth-order valence-corrected chi connectivity index (χ4v) is 3.84. The van der Waals surface area contributed by atoms with Crippen molar-refractivity contribution in [1.29, 1.82) is 0 Å². The maximum atomic E-state index is 12.2. The Kier molecular flexibility index (Phi) is 4.10. The molecule has 1 aliphatic carbocycles. The second-order valence-electron chi connectivity index (χ2n) is 5.50. The van der Waals surface area contributed by atoms with Crippen LogP contribution in [-0.2, 0) is 10.0 Å². The topological polar surface area (TPSA) is 85.1 Å². The number of pyridine rings is 1. The molecule has 0 bridgehead atoms. The van der Waals surface area contributed by atoms with E-state index in [4.69, 9.17) is 5.73 Å². The number of sulfonamides is 1. The minimum atomic E-state index is -3.49. The van der Waals surface area contributed by atoms with Crippen LogP contribution < -0.4 is 10.5 Å². The van der Waals surface area contributed by atoms with Crippen molar-refractivity contribution in [3.8, 4) is 0 Å². The van der Waals surface area contributed by atoms with Crippen molar-refractivity contribution in [2.45, 2.75) is 44.0 Å². The Labute approximate surface area is 114 Å². The standard InChI is InChI=1S/C13H21N3O2S/c1-9-3-4-11(7-10(9)2)16-19(17,18)12-5-6-15-13(14)8-12/h5-6,8-11,16H,3-4,7H2,1-2H3,(H2,14,15). The predicted molar refractivity (Wildman–Crippen MR) is 74.9 cm³/mol. The molecule has 0 amide bonds. The molecule has 1 fully saturated rings. The summed E-state index contributed by atoms with van der Waals surface area (Å²) >= 11 is 0. The summed E-state index contributed by atoms with van der Waals surface area (Å²) in [6, 6.07) is 2.87. The minimum absolute atomic E-state index is 0.0191. The fraction of sp³-hybridized carbons (Fsp3) is 0.615. The molecule has 106 valence electrons. The first-order valence-electron chi connectivity index (χ1n) is 6.62. The summed E-state index contributed by atoms with van der Waals surface area (Å²) in [7, 11) is -3.49. The Hall–Kier alpha value is -1.14. The molecule has 0 aliphatic heterocycles. The first kappa shape index (κ1) is 14.3. The highest BCUT2D eigenvalue weighted by Gasteiger charge is 2.28. The van der Waals surface area contributed by atoms with E-state index in [2.05, 4.69) is 23.6 Å². The quantitative estimate of drug-likeness (QED) is 0.885. The van der Waals surface area contributed by atoms with E-state index >= 15 is 0 Å². The number of nitrogens with one attached hydrogen (secondary N) is 1. The Morgan fingerprint density at radius 2 is 2.05 bits per heavy atom. The molecule has 1 aliphatic rings. The largest absolute Gasteiger partial charge is 0.384 e. The molecule has 6 heteroatoms. The van der Waals surface area contributed by atoms with E-state index in [0.717, 1.165) is 19.3 Å². The number of nitrogen functional groups attached to an aromatic ring is 1. The highest BCUT2D eigenvalue weighted by molar-refractivity contribution is 7.89. The van der Waals surface area contributed by atoms with E-state index in [9.17, 15) is 8.42 Å². The van der Waals surface area contributed by atoms with Gasteiger partial charge in [-0.25, -0.2) is 18.1 Å². The number of aromatic nitrogens is 1. The molecule has 3 unspecified atom stereocenters. The SMILES string of the molecule is CC1CCC(NS(=O)(=O)c2ccnc(N)c2)CC1C. The molecule has 1 aromatic heterocycles. The number of rotatable bonds is 3. The maximum absolute atomic E-state index is 12.2. The van der Waals surface area contributed by atoms with Crippen molar-refractivity contribution in [3.63, 3.8) is 0 Å². The number of nitrogens with two attached hydrogens (primary N) is 1. The summed E-state index contributed by atoms with van der Waals surface area (Å²) in [5, 5.41) is 0. The van der Waals surface area contributed by atoms with Crippen LogP contribution in [0.15, 0.2) is 23.2 Å². The van der Waals surface area contributed by atoms with Gasteiger partial charge in [-0.3, -0.25) is 0 Å². The van der Waals surface area contributed by atoms with Gasteiger partial charge in [0.25, 0.3) is 0 Å². The van der Waals surface area contributed by atoms with Gasteiger partial charge in [0.1, 0.15) is 5.82 Å². The highest BCUT2D eigenvalue weighted by atomic mass is 32.2. The van der Waals surface area contributed by atoms with Crippen LogP contribution >= 0.6 is 0 Å². The summed E-state index contributed by atoms with van der Waals surface area (Å²) in [4.78, 5) is 3.99. The predicted octanol–water partition coefficient (Wildman–Crippen LogP) is 1.77. The number of anilines is 1. The third-order valence-electron chi connectivity index (χ3n) is 3.98. The lowest BCUT2D eigenvalue weighted by Gasteiger charge is -2.32. The zero-order valence-corrected chi connectivity index (χ0v) is 12.2. The summed E-state index contributed by atoms with van der Waals surface area (Å²) in [5.41, 5.74) is 5.53. The smallest absolute Gasteiger partial charge is 0.241 e. The van der Waals surface area contributed by atoms with Gasteiger partial charge in [-0.1, -0.05) is 13.8 Å². The van der Waals surface area contributed by atoms with Gasteiger partial charge in [-0.05, 0) is 37.2 Å². The molecule has 0 radical (unpaired) electrons. The number of nitrogens with zero attached hydrogens (tertiary/aromatic N) is 1. The van der Waals surface area contributed by atoms with E-state index < -0.39 is 10.0 Å². The number of hydrogen-bond donors (Lipinski definition) is 2. The van der Waals surface area contributed by atoms with Crippen molar-refractivity contribution in [3.05, 3.63) is 18.3 Å². The van der Waals surface area contributed by atoms with Crippen LogP contribution in [0.4, 0.5) is 5.82 Å². The van der Waals surface area contributed by atoms with Gasteiger partial charge in [0, 0.05) is 18.3 Å². The second-order valence-corrected chi connectivity index (χ2v) is 7.22. The average molecular weight is 283 g/mol. The summed E-state index contributed by atoms with van der Waals surface area (Å²) in [6.07, 6.45) is 4.26. The van der Waals surface area contributed by atoms with Crippen molar-refractivity contribution >= 4 is 15.8 Å². The molecule has 2 rings (SSSR count). The van der Waals surface area contributed by atoms with Crippen LogP contribution in [0.2, 0.25) is 0 Å². The molecule has 0 aromatic carbocycles. The molecule has 1 saturated carbocycles. The molecule has 1 heterocycles. The Morgan fingerprint density at radius 1 is 1.32 bits per heavy atom. The lowest BCUT2D eigenvalue weighted by molar-refractivity contribution is 0.242. The summed E-state index contributed by atoms with van der Waals surface area (Å²) < 4.78 is 27.3. The lowest BCUT2D eigenvalue weighted by Crippen LogP contribution is -2.39. The van der Waals surface area contributed by atoms with Crippen LogP contribution in [-0.4, -0.2) is 19.4 Å². The van der Waals surface area contributed by atoms with Gasteiger partial charge >= 0.3 is 0 Å². The van der Waals surface area contributed by atoms with Crippen LogP contribution in [0.5, 0.6) is 0 Å². The van der Waals surface area contributed by atoms with Gasteiger partial charge in [0.05, 0.1) is 4.90 Å². The van der Waals surface area contributed by atoms with Crippen LogP contribution in [0, 0.1) is 11.8 Å². The van der Waals surface area contributed by atoms with Crippen molar-refractivity contribution in [1.82, 2.24) is 9.71 Å². The average Bonchev–Trinajstić information content (AvgIpc) is 2.33. The van der Waals surface area contributed by atoms with E-state index in [1.807, 2.05) is 0 Å². The van der Waals surface area contributed by atoms with Gasteiger partial charge in [0.15, 0.2) is 0 Å². The van der Waals surface area contributed by atoms with Gasteiger partial charge in [-0.15, -0.1) is 0 Å². The molecule has 19 heavy (non-hydrogen) atoms. The highest BCUT2D eigenvalue weighted by Crippen LogP contribution is 2.30. The molecule has 0 saturated heterocycles. The Morgan fingerprint density at radius 3 is 2.68 bits per heavy atom. The molecule has 3 N–H and O–H groups in total. The summed E-state index contributed by atoms with van der Waals surface area (Å²) in [5.74, 6) is 1.43. The maximum Gasteiger partial charge on any atom is 0.241 e. The minimum Gasteiger partial charge on any atom is -0.384 e. The Bertz CT molecular complexity index is 545. The number of hydrogen-bond acceptors (Lipinski definition) is 4. The molecular formula is C13H21N3O2S. The Balaban J connectivity index is 2.10. The van der Waals surface area contributed by atoms with Crippen LogP contribution in [0.3, 0.4) is 0 Å². The first-order valence-corrected chi connectivity index (χ1v) is 8.10. The molecule has 0 spiro atoms. The van der Waals surface area contributed by atoms with Crippen LogP contribution in [0.25, 0.3) is 0 Å². The fourth-order valence-electron chi connectivity index (χ4n) is 2.54. The van der Waals surface area contributed by atoms with Crippen molar-refractivity contribution in [2.75, 3.05) is 5.73 Å². The van der Waals surface area contributed by atoms with Crippen LogP contribution in [0.1, 0.15) is 33.1 Å². The molecule has 5 nitrogen and oxygen atoms in total. The zero-order valence-electron chi connectivity index (χ0n) is 11.3. The van der Waals surface area contributed by atoms with E-state index in [-0.39, 0.29) is 16.8 Å². The molecule has 3 atom stereocenters. The zero-order chi connectivity index (χ0) is 14.0. The van der Waals surface area contributed by atoms with Crippen molar-refractivity contribution in [2.24, 2.45) is 11.8 Å². The normalized spacial score (nSPS) is 28.2. The monoisotopic (exact) mass is 283 g/mol. The van der Waals surface area contributed by atoms with Gasteiger partial charge in [-0.2, -0.15) is 0 Å². The third kappa shape index (κ3) is 3.45. The third-order valence-corrected chi connectivity index (χ3v) is 5.50. The van der Waals surface area contributed by atoms with E-state index in [0.29, 0.717) is 11.8 Å². The second kappa shape index (κ2) is 5.46.